The van der Waals surface area contributed by atoms with Crippen molar-refractivity contribution in [2.24, 2.45) is 10.7 Å². The first-order chi connectivity index (χ1) is 10.2. The number of carbonyl (C=O) groups excluding carboxylic acids is 1. The van der Waals surface area contributed by atoms with Crippen LogP contribution < -0.4 is 25.8 Å². The second-order valence-electron chi connectivity index (χ2n) is 4.49. The Morgan fingerprint density at radius 3 is 2.86 bits per heavy atom. The van der Waals surface area contributed by atoms with Crippen LogP contribution in [0.1, 0.15) is 13.3 Å². The summed E-state index contributed by atoms with van der Waals surface area (Å²) in [5.74, 6) is 1.40. The van der Waals surface area contributed by atoms with Crippen LogP contribution in [0.5, 0.6) is 11.5 Å². The third kappa shape index (κ3) is 4.55. The van der Waals surface area contributed by atoms with Gasteiger partial charge in [-0.3, -0.25) is 4.79 Å². The zero-order chi connectivity index (χ0) is 15.1. The molecule has 114 valence electrons. The highest BCUT2D eigenvalue weighted by Crippen LogP contribution is 2.32. The normalized spacial score (nSPS) is 14.2. The molecule has 0 aliphatic carbocycles. The van der Waals surface area contributed by atoms with E-state index in [-0.39, 0.29) is 18.4 Å². The van der Waals surface area contributed by atoms with Gasteiger partial charge in [0, 0.05) is 24.7 Å². The van der Waals surface area contributed by atoms with Crippen molar-refractivity contribution in [2.45, 2.75) is 13.3 Å². The lowest BCUT2D eigenvalue weighted by molar-refractivity contribution is -0.119. The average molecular weight is 292 g/mol. The fourth-order valence-corrected chi connectivity index (χ4v) is 1.84. The van der Waals surface area contributed by atoms with Crippen molar-refractivity contribution < 1.29 is 14.3 Å². The maximum atomic E-state index is 11.3. The Hall–Kier alpha value is -2.44. The summed E-state index contributed by atoms with van der Waals surface area (Å²) < 4.78 is 11.1. The number of hydrogen-bond donors (Lipinski definition) is 3. The van der Waals surface area contributed by atoms with Gasteiger partial charge in [-0.1, -0.05) is 0 Å². The summed E-state index contributed by atoms with van der Waals surface area (Å²) in [6, 6.07) is 5.44. The molecule has 7 nitrogen and oxygen atoms in total. The zero-order valence-corrected chi connectivity index (χ0v) is 12.0. The standard InChI is InChI=1S/C14H20N4O3/c1-2-16-13(19)9-17-14(15)18-10-4-5-11-12(8-10)21-7-3-6-20-11/h4-5,8H,2-3,6-7,9H2,1H3,(H,16,19)(H3,15,17,18). The van der Waals surface area contributed by atoms with E-state index in [9.17, 15) is 4.79 Å². The van der Waals surface area contributed by atoms with Crippen LogP contribution in [-0.4, -0.2) is 38.2 Å². The molecular weight excluding hydrogens is 272 g/mol. The predicted molar refractivity (Wildman–Crippen MR) is 80.8 cm³/mol. The molecule has 0 radical (unpaired) electrons. The number of benzene rings is 1. The van der Waals surface area contributed by atoms with Crippen LogP contribution in [0, 0.1) is 0 Å². The minimum atomic E-state index is -0.166. The molecule has 0 fully saturated rings. The van der Waals surface area contributed by atoms with E-state index in [2.05, 4.69) is 15.6 Å². The highest BCUT2D eigenvalue weighted by molar-refractivity contribution is 5.94. The molecule has 1 aliphatic rings. The lowest BCUT2D eigenvalue weighted by Gasteiger charge is -2.10. The molecule has 0 saturated heterocycles. The Labute approximate surface area is 123 Å². The molecule has 4 N–H and O–H groups in total. The van der Waals surface area contributed by atoms with Crippen LogP contribution >= 0.6 is 0 Å². The Kier molecular flexibility index (Phi) is 5.25. The summed E-state index contributed by atoms with van der Waals surface area (Å²) in [7, 11) is 0. The minimum absolute atomic E-state index is 0.00275. The van der Waals surface area contributed by atoms with E-state index >= 15 is 0 Å². The van der Waals surface area contributed by atoms with Crippen LogP contribution in [0.3, 0.4) is 0 Å². The second kappa shape index (κ2) is 7.37. The number of fused-ring (bicyclic) bond motifs is 1. The van der Waals surface area contributed by atoms with E-state index in [0.29, 0.717) is 25.5 Å². The Morgan fingerprint density at radius 1 is 1.33 bits per heavy atom. The second-order valence-corrected chi connectivity index (χ2v) is 4.49. The van der Waals surface area contributed by atoms with Gasteiger partial charge in [0.05, 0.1) is 13.2 Å². The number of carbonyl (C=O) groups is 1. The predicted octanol–water partition coefficient (Wildman–Crippen LogP) is 0.711. The molecule has 1 aromatic carbocycles. The van der Waals surface area contributed by atoms with Gasteiger partial charge in [0.2, 0.25) is 5.91 Å². The number of nitrogens with two attached hydrogens (primary N) is 1. The lowest BCUT2D eigenvalue weighted by atomic mass is 10.3. The van der Waals surface area contributed by atoms with Gasteiger partial charge in [0.1, 0.15) is 6.54 Å². The number of nitrogens with one attached hydrogen (secondary N) is 2. The number of rotatable bonds is 4. The van der Waals surface area contributed by atoms with E-state index in [0.717, 1.165) is 17.9 Å². The van der Waals surface area contributed by atoms with Gasteiger partial charge < -0.3 is 25.8 Å². The van der Waals surface area contributed by atoms with E-state index < -0.39 is 0 Å². The quantitative estimate of drug-likeness (QED) is 0.561. The summed E-state index contributed by atoms with van der Waals surface area (Å²) >= 11 is 0. The zero-order valence-electron chi connectivity index (χ0n) is 12.0. The molecule has 1 amide bonds. The van der Waals surface area contributed by atoms with Gasteiger partial charge >= 0.3 is 0 Å². The van der Waals surface area contributed by atoms with E-state index in [4.69, 9.17) is 15.2 Å². The monoisotopic (exact) mass is 292 g/mol. The first kappa shape index (κ1) is 15.0. The third-order valence-electron chi connectivity index (χ3n) is 2.79. The molecule has 2 rings (SSSR count). The SMILES string of the molecule is CCNC(=O)CN=C(N)Nc1ccc2c(c1)OCCCO2. The minimum Gasteiger partial charge on any atom is -0.490 e. The van der Waals surface area contributed by atoms with Gasteiger partial charge in [0.25, 0.3) is 0 Å². The summed E-state index contributed by atoms with van der Waals surface area (Å²) in [5.41, 5.74) is 6.48. The van der Waals surface area contributed by atoms with Crippen molar-refractivity contribution in [3.8, 4) is 11.5 Å². The molecular formula is C14H20N4O3. The summed E-state index contributed by atoms with van der Waals surface area (Å²) in [5, 5.41) is 5.57. The molecule has 0 aromatic heterocycles. The maximum Gasteiger partial charge on any atom is 0.241 e. The molecule has 0 atom stereocenters. The van der Waals surface area contributed by atoms with Crippen LogP contribution in [0.25, 0.3) is 0 Å². The van der Waals surface area contributed by atoms with E-state index in [1.165, 1.54) is 0 Å². The van der Waals surface area contributed by atoms with Crippen molar-refractivity contribution in [3.63, 3.8) is 0 Å². The number of likely N-dealkylation sites (N-methyl/N-ethyl adjacent to an activating group) is 1. The summed E-state index contributed by atoms with van der Waals surface area (Å²) in [6.45, 7) is 3.69. The Bertz CT molecular complexity index is 531. The molecule has 0 unspecified atom stereocenters. The highest BCUT2D eigenvalue weighted by Gasteiger charge is 2.10. The summed E-state index contributed by atoms with van der Waals surface area (Å²) in [4.78, 5) is 15.3. The number of ether oxygens (including phenoxy) is 2. The van der Waals surface area contributed by atoms with Crippen molar-refractivity contribution in [2.75, 3.05) is 31.6 Å². The van der Waals surface area contributed by atoms with Gasteiger partial charge in [-0.25, -0.2) is 4.99 Å². The van der Waals surface area contributed by atoms with Crippen molar-refractivity contribution in [3.05, 3.63) is 18.2 Å². The average Bonchev–Trinajstić information content (AvgIpc) is 2.70. The first-order valence-electron chi connectivity index (χ1n) is 6.92. The topological polar surface area (TPSA) is 98.0 Å². The molecule has 1 heterocycles. The molecule has 0 spiro atoms. The van der Waals surface area contributed by atoms with Crippen LogP contribution in [0.15, 0.2) is 23.2 Å². The number of nitrogens with zero attached hydrogens (tertiary/aromatic N) is 1. The van der Waals surface area contributed by atoms with Gasteiger partial charge in [0.15, 0.2) is 17.5 Å². The highest BCUT2D eigenvalue weighted by atomic mass is 16.5. The smallest absolute Gasteiger partial charge is 0.241 e. The van der Waals surface area contributed by atoms with Crippen LogP contribution in [-0.2, 0) is 4.79 Å². The number of amides is 1. The summed E-state index contributed by atoms with van der Waals surface area (Å²) in [6.07, 6.45) is 0.855. The van der Waals surface area contributed by atoms with Crippen molar-refractivity contribution in [1.82, 2.24) is 5.32 Å². The van der Waals surface area contributed by atoms with Gasteiger partial charge in [-0.15, -0.1) is 0 Å². The number of hydrogen-bond acceptors (Lipinski definition) is 4. The van der Waals surface area contributed by atoms with Crippen LogP contribution in [0.4, 0.5) is 5.69 Å². The Morgan fingerprint density at radius 2 is 2.10 bits per heavy atom. The molecule has 0 bridgehead atoms. The molecule has 1 aromatic rings. The van der Waals surface area contributed by atoms with E-state index in [1.54, 1.807) is 6.07 Å². The fraction of sp³-hybridized carbons (Fsp3) is 0.429. The van der Waals surface area contributed by atoms with Crippen molar-refractivity contribution in [1.29, 1.82) is 0 Å². The fourth-order valence-electron chi connectivity index (χ4n) is 1.84. The number of anilines is 1. The molecule has 7 heteroatoms. The lowest BCUT2D eigenvalue weighted by Crippen LogP contribution is -2.28. The maximum absolute atomic E-state index is 11.3. The largest absolute Gasteiger partial charge is 0.490 e. The Balaban J connectivity index is 1.97. The first-order valence-corrected chi connectivity index (χ1v) is 6.92. The molecule has 1 aliphatic heterocycles. The van der Waals surface area contributed by atoms with Crippen LogP contribution in [0.2, 0.25) is 0 Å². The van der Waals surface area contributed by atoms with Gasteiger partial charge in [-0.2, -0.15) is 0 Å². The van der Waals surface area contributed by atoms with E-state index in [1.807, 2.05) is 19.1 Å². The van der Waals surface area contributed by atoms with Crippen molar-refractivity contribution >= 4 is 17.6 Å². The number of aliphatic imine (C=N–C) groups is 1. The number of guanidine groups is 1. The molecule has 0 saturated carbocycles. The van der Waals surface area contributed by atoms with Gasteiger partial charge in [-0.05, 0) is 19.1 Å². The third-order valence-corrected chi connectivity index (χ3v) is 2.79. The molecule has 21 heavy (non-hydrogen) atoms.